The number of hydrogen-bond acceptors (Lipinski definition) is 5. The lowest BCUT2D eigenvalue weighted by Crippen LogP contribution is -2.26. The average Bonchev–Trinajstić information content (AvgIpc) is 3.00. The zero-order chi connectivity index (χ0) is 22.6. The number of alkyl halides is 3. The number of nitrogens with zero attached hydrogens (tertiary/aromatic N) is 1. The number of carbonyl (C=O) groups is 2. The molecule has 0 radical (unpaired) electrons. The van der Waals surface area contributed by atoms with Gasteiger partial charge in [0, 0.05) is 11.9 Å². The van der Waals surface area contributed by atoms with Crippen LogP contribution in [0, 0.1) is 0 Å². The number of ether oxygens (including phenoxy) is 2. The van der Waals surface area contributed by atoms with Crippen molar-refractivity contribution in [3.63, 3.8) is 0 Å². The molecule has 0 atom stereocenters. The van der Waals surface area contributed by atoms with E-state index in [-0.39, 0.29) is 11.3 Å². The molecular weight excluding hydrogens is 411 g/mol. The second-order valence-electron chi connectivity index (χ2n) is 6.44. The SMILES string of the molecule is COC(=O)C1=C(C(=O)OC)N(c2ccc(-c3cccc(C(F)(F)F)c3)cc2)C=CC=C1. The molecule has 0 saturated carbocycles. The van der Waals surface area contributed by atoms with Crippen LogP contribution in [-0.2, 0) is 25.2 Å². The van der Waals surface area contributed by atoms with Crippen molar-refractivity contribution >= 4 is 17.6 Å². The molecular formula is C23H18F3NO4. The lowest BCUT2D eigenvalue weighted by atomic mass is 10.0. The third kappa shape index (κ3) is 4.69. The summed E-state index contributed by atoms with van der Waals surface area (Å²) in [6.07, 6.45) is 1.76. The number of hydrogen-bond donors (Lipinski definition) is 0. The lowest BCUT2D eigenvalue weighted by molar-refractivity contribution is -0.139. The van der Waals surface area contributed by atoms with E-state index in [0.717, 1.165) is 12.1 Å². The van der Waals surface area contributed by atoms with E-state index >= 15 is 0 Å². The van der Waals surface area contributed by atoms with E-state index in [4.69, 9.17) is 9.47 Å². The molecule has 0 amide bonds. The summed E-state index contributed by atoms with van der Waals surface area (Å²) >= 11 is 0. The fourth-order valence-corrected chi connectivity index (χ4v) is 3.06. The van der Waals surface area contributed by atoms with Crippen molar-refractivity contribution < 1.29 is 32.2 Å². The first kappa shape index (κ1) is 21.9. The molecule has 2 aromatic rings. The summed E-state index contributed by atoms with van der Waals surface area (Å²) in [6, 6.07) is 11.5. The number of benzene rings is 2. The van der Waals surface area contributed by atoms with Crippen LogP contribution in [0.5, 0.6) is 0 Å². The van der Waals surface area contributed by atoms with Gasteiger partial charge in [0.15, 0.2) is 0 Å². The zero-order valence-electron chi connectivity index (χ0n) is 16.6. The van der Waals surface area contributed by atoms with Gasteiger partial charge in [-0.2, -0.15) is 13.2 Å². The van der Waals surface area contributed by atoms with Crippen LogP contribution in [0.1, 0.15) is 5.56 Å². The fraction of sp³-hybridized carbons (Fsp3) is 0.130. The highest BCUT2D eigenvalue weighted by atomic mass is 19.4. The summed E-state index contributed by atoms with van der Waals surface area (Å²) in [5, 5.41) is 0. The second kappa shape index (κ2) is 8.91. The minimum absolute atomic E-state index is 0.00121. The number of anilines is 1. The number of methoxy groups -OCH3 is 2. The Morgan fingerprint density at radius 1 is 0.871 bits per heavy atom. The van der Waals surface area contributed by atoms with Gasteiger partial charge in [0.1, 0.15) is 5.70 Å². The van der Waals surface area contributed by atoms with E-state index in [1.54, 1.807) is 48.7 Å². The molecule has 1 aliphatic heterocycles. The Bertz CT molecular complexity index is 1080. The Morgan fingerprint density at radius 2 is 1.55 bits per heavy atom. The monoisotopic (exact) mass is 429 g/mol. The van der Waals surface area contributed by atoms with E-state index in [0.29, 0.717) is 16.8 Å². The van der Waals surface area contributed by atoms with Gasteiger partial charge in [-0.1, -0.05) is 30.3 Å². The highest BCUT2D eigenvalue weighted by Gasteiger charge is 2.30. The predicted octanol–water partition coefficient (Wildman–Crippen LogP) is 4.86. The van der Waals surface area contributed by atoms with E-state index < -0.39 is 23.7 Å². The van der Waals surface area contributed by atoms with Crippen LogP contribution in [0.2, 0.25) is 0 Å². The Hall–Kier alpha value is -3.81. The Labute approximate surface area is 176 Å². The standard InChI is InChI=1S/C23H18F3NO4/c1-30-21(28)19-8-3-4-13-27(20(19)22(29)31-2)18-11-9-15(10-12-18)16-6-5-7-17(14-16)23(24,25)26/h3-14H,1-2H3. The highest BCUT2D eigenvalue weighted by molar-refractivity contribution is 6.05. The Balaban J connectivity index is 2.03. The molecule has 1 heterocycles. The molecule has 1 aliphatic rings. The van der Waals surface area contributed by atoms with E-state index in [9.17, 15) is 22.8 Å². The molecule has 0 fully saturated rings. The molecule has 0 unspecified atom stereocenters. The summed E-state index contributed by atoms with van der Waals surface area (Å²) < 4.78 is 48.6. The van der Waals surface area contributed by atoms with Crippen molar-refractivity contribution in [2.45, 2.75) is 6.18 Å². The van der Waals surface area contributed by atoms with Crippen LogP contribution in [0.3, 0.4) is 0 Å². The van der Waals surface area contributed by atoms with Crippen LogP contribution in [0.25, 0.3) is 11.1 Å². The molecule has 0 aliphatic carbocycles. The maximum Gasteiger partial charge on any atom is 0.416 e. The van der Waals surface area contributed by atoms with Gasteiger partial charge in [0.2, 0.25) is 0 Å². The van der Waals surface area contributed by atoms with Gasteiger partial charge in [0.25, 0.3) is 0 Å². The minimum Gasteiger partial charge on any atom is -0.465 e. The topological polar surface area (TPSA) is 55.8 Å². The third-order valence-electron chi connectivity index (χ3n) is 4.56. The van der Waals surface area contributed by atoms with E-state index in [1.165, 1.54) is 31.3 Å². The molecule has 8 heteroatoms. The van der Waals surface area contributed by atoms with Crippen LogP contribution in [-0.4, -0.2) is 26.2 Å². The molecule has 160 valence electrons. The van der Waals surface area contributed by atoms with Gasteiger partial charge in [-0.25, -0.2) is 9.59 Å². The zero-order valence-corrected chi connectivity index (χ0v) is 16.6. The molecule has 0 bridgehead atoms. The first-order valence-electron chi connectivity index (χ1n) is 9.09. The number of allylic oxidation sites excluding steroid dienone is 2. The molecule has 0 aromatic heterocycles. The number of esters is 2. The van der Waals surface area contributed by atoms with Crippen LogP contribution in [0.4, 0.5) is 18.9 Å². The summed E-state index contributed by atoms with van der Waals surface area (Å²) in [5.41, 5.74) is 0.663. The lowest BCUT2D eigenvalue weighted by Gasteiger charge is -2.23. The molecule has 0 saturated heterocycles. The fourth-order valence-electron chi connectivity index (χ4n) is 3.06. The molecule has 5 nitrogen and oxygen atoms in total. The first-order valence-corrected chi connectivity index (χ1v) is 9.09. The normalized spacial score (nSPS) is 13.8. The third-order valence-corrected chi connectivity index (χ3v) is 4.56. The largest absolute Gasteiger partial charge is 0.465 e. The molecule has 31 heavy (non-hydrogen) atoms. The molecule has 0 N–H and O–H groups in total. The summed E-state index contributed by atoms with van der Waals surface area (Å²) in [4.78, 5) is 26.1. The van der Waals surface area contributed by atoms with Crippen LogP contribution >= 0.6 is 0 Å². The Kier molecular flexibility index (Phi) is 6.29. The maximum atomic E-state index is 13.0. The summed E-state index contributed by atoms with van der Waals surface area (Å²) in [6.45, 7) is 0. The van der Waals surface area contributed by atoms with Gasteiger partial charge >= 0.3 is 18.1 Å². The van der Waals surface area contributed by atoms with Gasteiger partial charge in [0.05, 0.1) is 25.4 Å². The van der Waals surface area contributed by atoms with Crippen molar-refractivity contribution in [1.29, 1.82) is 0 Å². The molecule has 3 rings (SSSR count). The summed E-state index contributed by atoms with van der Waals surface area (Å²) in [5.74, 6) is -1.47. The van der Waals surface area contributed by atoms with Crippen molar-refractivity contribution in [2.24, 2.45) is 0 Å². The van der Waals surface area contributed by atoms with E-state index in [1.807, 2.05) is 0 Å². The second-order valence-corrected chi connectivity index (χ2v) is 6.44. The average molecular weight is 429 g/mol. The summed E-state index contributed by atoms with van der Waals surface area (Å²) in [7, 11) is 2.39. The predicted molar refractivity (Wildman–Crippen MR) is 109 cm³/mol. The minimum atomic E-state index is -4.44. The van der Waals surface area contributed by atoms with Crippen molar-refractivity contribution in [1.82, 2.24) is 0 Å². The van der Waals surface area contributed by atoms with Crippen LogP contribution < -0.4 is 4.90 Å². The number of rotatable bonds is 4. The quantitative estimate of drug-likeness (QED) is 0.650. The molecule has 0 spiro atoms. The van der Waals surface area contributed by atoms with Gasteiger partial charge in [-0.05, 0) is 47.5 Å². The Morgan fingerprint density at radius 3 is 2.16 bits per heavy atom. The van der Waals surface area contributed by atoms with Gasteiger partial charge in [-0.3, -0.25) is 0 Å². The van der Waals surface area contributed by atoms with E-state index in [2.05, 4.69) is 0 Å². The number of carbonyl (C=O) groups excluding carboxylic acids is 2. The van der Waals surface area contributed by atoms with Crippen molar-refractivity contribution in [2.75, 3.05) is 19.1 Å². The first-order chi connectivity index (χ1) is 14.8. The highest BCUT2D eigenvalue weighted by Crippen LogP contribution is 2.33. The maximum absolute atomic E-state index is 13.0. The van der Waals surface area contributed by atoms with Crippen molar-refractivity contribution in [3.05, 3.63) is 89.8 Å². The molecule has 2 aromatic carbocycles. The van der Waals surface area contributed by atoms with Gasteiger partial charge < -0.3 is 14.4 Å². The smallest absolute Gasteiger partial charge is 0.416 e. The van der Waals surface area contributed by atoms with Crippen LogP contribution in [0.15, 0.2) is 84.2 Å². The van der Waals surface area contributed by atoms with Crippen molar-refractivity contribution in [3.8, 4) is 11.1 Å². The van der Waals surface area contributed by atoms with Gasteiger partial charge in [-0.15, -0.1) is 0 Å². The number of halogens is 3.